The number of fused-ring (bicyclic) bond motifs is 1. The summed E-state index contributed by atoms with van der Waals surface area (Å²) in [6.07, 6.45) is 10.7. The summed E-state index contributed by atoms with van der Waals surface area (Å²) in [4.78, 5) is 26.7. The van der Waals surface area contributed by atoms with Gasteiger partial charge in [-0.1, -0.05) is 19.3 Å². The van der Waals surface area contributed by atoms with Gasteiger partial charge in [0.05, 0.1) is 18.2 Å². The highest BCUT2D eigenvalue weighted by Gasteiger charge is 2.63. The van der Waals surface area contributed by atoms with Gasteiger partial charge in [0.15, 0.2) is 0 Å². The fourth-order valence-electron chi connectivity index (χ4n) is 5.44. The zero-order chi connectivity index (χ0) is 18.1. The molecule has 4 fully saturated rings. The van der Waals surface area contributed by atoms with Gasteiger partial charge in [0.1, 0.15) is 0 Å². The van der Waals surface area contributed by atoms with Gasteiger partial charge in [-0.15, -0.1) is 0 Å². The van der Waals surface area contributed by atoms with Crippen LogP contribution in [0, 0.1) is 17.8 Å². The summed E-state index contributed by atoms with van der Waals surface area (Å²) < 4.78 is 6.40. The van der Waals surface area contributed by atoms with Crippen LogP contribution in [0.1, 0.15) is 51.4 Å². The highest BCUT2D eigenvalue weighted by atomic mass is 32.2. The Labute approximate surface area is 161 Å². The Bertz CT molecular complexity index is 553. The normalized spacial score (nSPS) is 35.4. The van der Waals surface area contributed by atoms with Crippen molar-refractivity contribution in [3.05, 3.63) is 0 Å². The van der Waals surface area contributed by atoms with Crippen molar-refractivity contribution >= 4 is 23.6 Å². The lowest BCUT2D eigenvalue weighted by molar-refractivity contribution is -0.132. The first-order valence-electron chi connectivity index (χ1n) is 10.3. The monoisotopic (exact) mass is 380 g/mol. The fraction of sp³-hybridized carbons (Fsp3) is 0.900. The van der Waals surface area contributed by atoms with Gasteiger partial charge in [-0.25, -0.2) is 0 Å². The number of hydrogen-bond acceptors (Lipinski definition) is 4. The molecular weight excluding hydrogens is 348 g/mol. The Hall–Kier alpha value is -0.750. The zero-order valence-corrected chi connectivity index (χ0v) is 16.7. The van der Waals surface area contributed by atoms with E-state index in [0.717, 1.165) is 44.0 Å². The fourth-order valence-corrected chi connectivity index (χ4v) is 5.83. The van der Waals surface area contributed by atoms with Crippen molar-refractivity contribution in [2.75, 3.05) is 31.6 Å². The Morgan fingerprint density at radius 3 is 2.85 bits per heavy atom. The number of rotatable bonds is 8. The van der Waals surface area contributed by atoms with Crippen molar-refractivity contribution in [1.82, 2.24) is 10.2 Å². The van der Waals surface area contributed by atoms with Gasteiger partial charge >= 0.3 is 0 Å². The Morgan fingerprint density at radius 1 is 1.27 bits per heavy atom. The van der Waals surface area contributed by atoms with Crippen LogP contribution >= 0.6 is 11.8 Å². The lowest BCUT2D eigenvalue weighted by atomic mass is 9.73. The number of nitrogens with one attached hydrogen (secondary N) is 1. The molecule has 5 nitrogen and oxygen atoms in total. The van der Waals surface area contributed by atoms with Crippen molar-refractivity contribution in [3.63, 3.8) is 0 Å². The molecule has 4 aliphatic rings. The van der Waals surface area contributed by atoms with Crippen LogP contribution in [0.15, 0.2) is 0 Å². The van der Waals surface area contributed by atoms with E-state index in [0.29, 0.717) is 37.1 Å². The van der Waals surface area contributed by atoms with Crippen LogP contribution in [0.4, 0.5) is 0 Å². The van der Waals surface area contributed by atoms with Crippen molar-refractivity contribution in [3.8, 4) is 0 Å². The number of carbonyl (C=O) groups excluding carboxylic acids is 2. The summed E-state index contributed by atoms with van der Waals surface area (Å²) in [7, 11) is 0. The van der Waals surface area contributed by atoms with Crippen LogP contribution in [0.3, 0.4) is 0 Å². The van der Waals surface area contributed by atoms with E-state index in [1.807, 2.05) is 6.26 Å². The lowest BCUT2D eigenvalue weighted by Crippen LogP contribution is -2.41. The van der Waals surface area contributed by atoms with Crippen LogP contribution in [-0.4, -0.2) is 60.1 Å². The first-order valence-corrected chi connectivity index (χ1v) is 11.7. The smallest absolute Gasteiger partial charge is 0.222 e. The summed E-state index contributed by atoms with van der Waals surface area (Å²) in [5, 5.41) is 3.12. The Morgan fingerprint density at radius 2 is 2.12 bits per heavy atom. The molecule has 0 radical (unpaired) electrons. The summed E-state index contributed by atoms with van der Waals surface area (Å²) in [5.74, 6) is 2.88. The first kappa shape index (κ1) is 18.6. The molecule has 146 valence electrons. The highest BCUT2D eigenvalue weighted by molar-refractivity contribution is 7.98. The average Bonchev–Trinajstić information content (AvgIpc) is 3.24. The number of ether oxygens (including phenoxy) is 1. The molecule has 4 rings (SSSR count). The van der Waals surface area contributed by atoms with E-state index in [1.165, 1.54) is 19.3 Å². The minimum absolute atomic E-state index is 0.120. The predicted octanol–water partition coefficient (Wildman–Crippen LogP) is 2.44. The molecule has 6 heteroatoms. The second-order valence-corrected chi connectivity index (χ2v) is 9.67. The number of likely N-dealkylation sites (tertiary alicyclic amines) is 1. The highest BCUT2D eigenvalue weighted by Crippen LogP contribution is 2.54. The van der Waals surface area contributed by atoms with E-state index >= 15 is 0 Å². The van der Waals surface area contributed by atoms with Crippen LogP contribution in [0.5, 0.6) is 0 Å². The third-order valence-electron chi connectivity index (χ3n) is 7.20. The summed E-state index contributed by atoms with van der Waals surface area (Å²) in [6.45, 7) is 2.30. The molecule has 0 aromatic heterocycles. The molecule has 0 unspecified atom stereocenters. The van der Waals surface area contributed by atoms with E-state index < -0.39 is 0 Å². The van der Waals surface area contributed by atoms with E-state index in [9.17, 15) is 9.59 Å². The molecule has 1 spiro atoms. The molecule has 1 N–H and O–H groups in total. The summed E-state index contributed by atoms with van der Waals surface area (Å²) in [5.41, 5.74) is -0.120. The molecule has 4 atom stereocenters. The SMILES string of the molecule is CSCCC(=O)NC[C@H]1[C@H]2CN(C(=O)CCC3CCC3)C[C@]23CC[C@H]1O3. The zero-order valence-electron chi connectivity index (χ0n) is 15.9. The molecule has 2 bridgehead atoms. The minimum atomic E-state index is -0.120. The third kappa shape index (κ3) is 3.51. The minimum Gasteiger partial charge on any atom is -0.369 e. The number of amides is 2. The molecule has 3 heterocycles. The van der Waals surface area contributed by atoms with Crippen LogP contribution in [0.25, 0.3) is 0 Å². The van der Waals surface area contributed by atoms with E-state index in [4.69, 9.17) is 4.74 Å². The van der Waals surface area contributed by atoms with Gasteiger partial charge in [-0.2, -0.15) is 11.8 Å². The Balaban J connectivity index is 1.31. The van der Waals surface area contributed by atoms with Gasteiger partial charge in [-0.3, -0.25) is 9.59 Å². The Kier molecular flexibility index (Phi) is 5.51. The lowest BCUT2D eigenvalue weighted by Gasteiger charge is -2.29. The van der Waals surface area contributed by atoms with E-state index in [1.54, 1.807) is 11.8 Å². The summed E-state index contributed by atoms with van der Waals surface area (Å²) in [6, 6.07) is 0. The van der Waals surface area contributed by atoms with Gasteiger partial charge < -0.3 is 15.0 Å². The van der Waals surface area contributed by atoms with Gasteiger partial charge in [0.2, 0.25) is 11.8 Å². The number of thioether (sulfide) groups is 1. The second-order valence-electron chi connectivity index (χ2n) is 8.69. The van der Waals surface area contributed by atoms with Crippen molar-refractivity contribution in [2.24, 2.45) is 17.8 Å². The van der Waals surface area contributed by atoms with Crippen LogP contribution in [-0.2, 0) is 14.3 Å². The number of nitrogens with zero attached hydrogens (tertiary/aromatic N) is 1. The molecule has 2 amide bonds. The number of hydrogen-bond donors (Lipinski definition) is 1. The molecule has 1 saturated carbocycles. The van der Waals surface area contributed by atoms with Gasteiger partial charge in [0.25, 0.3) is 0 Å². The molecule has 26 heavy (non-hydrogen) atoms. The molecule has 0 aromatic carbocycles. The maximum absolute atomic E-state index is 12.7. The molecule has 3 saturated heterocycles. The standard InChI is InChI=1S/C20H32N2O3S/c1-26-10-8-18(23)21-11-15-16-12-22(13-20(16)9-7-17(15)25-20)19(24)6-5-14-3-2-4-14/h14-17H,2-13H2,1H3,(H,21,23)/t15-,16+,17+,20+/m0/s1. The third-order valence-corrected chi connectivity index (χ3v) is 7.81. The van der Waals surface area contributed by atoms with Gasteiger partial charge in [0, 0.05) is 43.5 Å². The predicted molar refractivity (Wildman–Crippen MR) is 103 cm³/mol. The first-order chi connectivity index (χ1) is 12.6. The largest absolute Gasteiger partial charge is 0.369 e. The quantitative estimate of drug-likeness (QED) is 0.703. The topological polar surface area (TPSA) is 58.6 Å². The van der Waals surface area contributed by atoms with Crippen molar-refractivity contribution < 1.29 is 14.3 Å². The maximum atomic E-state index is 12.7. The van der Waals surface area contributed by atoms with Gasteiger partial charge in [-0.05, 0) is 31.4 Å². The molecule has 1 aliphatic carbocycles. The van der Waals surface area contributed by atoms with E-state index in [-0.39, 0.29) is 17.6 Å². The summed E-state index contributed by atoms with van der Waals surface area (Å²) >= 11 is 1.70. The molecule has 3 aliphatic heterocycles. The molecule has 0 aromatic rings. The van der Waals surface area contributed by atoms with Crippen molar-refractivity contribution in [1.29, 1.82) is 0 Å². The number of carbonyl (C=O) groups is 2. The van der Waals surface area contributed by atoms with Crippen LogP contribution < -0.4 is 5.32 Å². The van der Waals surface area contributed by atoms with Crippen LogP contribution in [0.2, 0.25) is 0 Å². The average molecular weight is 381 g/mol. The molecular formula is C20H32N2O3S. The van der Waals surface area contributed by atoms with Crippen molar-refractivity contribution in [2.45, 2.75) is 63.1 Å². The van der Waals surface area contributed by atoms with E-state index in [2.05, 4.69) is 10.2 Å². The second kappa shape index (κ2) is 7.70. The maximum Gasteiger partial charge on any atom is 0.222 e.